The zero-order valence-electron chi connectivity index (χ0n) is 17.1. The number of carbonyl (C=O) groups is 1. The van der Waals surface area contributed by atoms with Crippen LogP contribution in [0.4, 0.5) is 5.69 Å². The average molecular weight is 365 g/mol. The molecule has 3 nitrogen and oxygen atoms in total. The molecule has 0 unspecified atom stereocenters. The first kappa shape index (κ1) is 19.5. The standard InChI is InChI=1S/C24H32N2O/c1-17-11-13-26(14-12-17)23-9-7-21(8-10-23)20(4)25-24(27)16-22-15-18(2)5-6-19(22)3/h5-10,15,17,20H,11-14,16H2,1-4H3,(H,25,27)/t20-/m1/s1. The first-order chi connectivity index (χ1) is 12.9. The number of amides is 1. The zero-order chi connectivity index (χ0) is 19.4. The fourth-order valence-corrected chi connectivity index (χ4v) is 3.78. The van der Waals surface area contributed by atoms with Gasteiger partial charge in [-0.15, -0.1) is 0 Å². The molecular weight excluding hydrogens is 332 g/mol. The highest BCUT2D eigenvalue weighted by molar-refractivity contribution is 5.79. The van der Waals surface area contributed by atoms with Crippen LogP contribution in [-0.4, -0.2) is 19.0 Å². The Morgan fingerprint density at radius 1 is 1.11 bits per heavy atom. The predicted molar refractivity (Wildman–Crippen MR) is 113 cm³/mol. The van der Waals surface area contributed by atoms with Gasteiger partial charge in [-0.3, -0.25) is 4.79 Å². The van der Waals surface area contributed by atoms with Crippen LogP contribution in [-0.2, 0) is 11.2 Å². The molecule has 1 atom stereocenters. The zero-order valence-corrected chi connectivity index (χ0v) is 17.1. The third-order valence-corrected chi connectivity index (χ3v) is 5.78. The van der Waals surface area contributed by atoms with E-state index in [-0.39, 0.29) is 11.9 Å². The van der Waals surface area contributed by atoms with Crippen LogP contribution in [0, 0.1) is 19.8 Å². The van der Waals surface area contributed by atoms with Crippen molar-refractivity contribution in [1.29, 1.82) is 0 Å². The maximum absolute atomic E-state index is 12.5. The van der Waals surface area contributed by atoms with E-state index >= 15 is 0 Å². The predicted octanol–water partition coefficient (Wildman–Crippen LogP) is 4.96. The molecule has 3 heteroatoms. The summed E-state index contributed by atoms with van der Waals surface area (Å²) in [6, 6.07) is 15.0. The van der Waals surface area contributed by atoms with Gasteiger partial charge in [-0.25, -0.2) is 0 Å². The largest absolute Gasteiger partial charge is 0.372 e. The Morgan fingerprint density at radius 2 is 1.78 bits per heavy atom. The normalized spacial score (nSPS) is 16.2. The number of nitrogens with one attached hydrogen (secondary N) is 1. The molecule has 0 aromatic heterocycles. The number of hydrogen-bond donors (Lipinski definition) is 1. The Bertz CT molecular complexity index is 773. The first-order valence-electron chi connectivity index (χ1n) is 10.1. The summed E-state index contributed by atoms with van der Waals surface area (Å²) >= 11 is 0. The van der Waals surface area contributed by atoms with Crippen molar-refractivity contribution < 1.29 is 4.79 Å². The molecule has 1 amide bonds. The van der Waals surface area contributed by atoms with Crippen molar-refractivity contribution in [2.75, 3.05) is 18.0 Å². The molecule has 27 heavy (non-hydrogen) atoms. The summed E-state index contributed by atoms with van der Waals surface area (Å²) in [7, 11) is 0. The maximum atomic E-state index is 12.5. The molecular formula is C24H32N2O. The Morgan fingerprint density at radius 3 is 2.44 bits per heavy atom. The number of nitrogens with zero attached hydrogens (tertiary/aromatic N) is 1. The number of hydrogen-bond acceptors (Lipinski definition) is 2. The van der Waals surface area contributed by atoms with E-state index in [0.29, 0.717) is 6.42 Å². The summed E-state index contributed by atoms with van der Waals surface area (Å²) in [5.74, 6) is 0.915. The fourth-order valence-electron chi connectivity index (χ4n) is 3.78. The maximum Gasteiger partial charge on any atom is 0.224 e. The Hall–Kier alpha value is -2.29. The molecule has 3 rings (SSSR count). The van der Waals surface area contributed by atoms with Crippen molar-refractivity contribution in [2.24, 2.45) is 5.92 Å². The lowest BCUT2D eigenvalue weighted by atomic mass is 9.98. The van der Waals surface area contributed by atoms with E-state index in [1.54, 1.807) is 0 Å². The van der Waals surface area contributed by atoms with E-state index in [1.807, 2.05) is 0 Å². The van der Waals surface area contributed by atoms with Gasteiger partial charge >= 0.3 is 0 Å². The molecule has 1 heterocycles. The van der Waals surface area contributed by atoms with E-state index in [4.69, 9.17) is 0 Å². The van der Waals surface area contributed by atoms with Crippen LogP contribution in [0.1, 0.15) is 55.0 Å². The highest BCUT2D eigenvalue weighted by Gasteiger charge is 2.17. The molecule has 2 aromatic rings. The van der Waals surface area contributed by atoms with Crippen molar-refractivity contribution in [1.82, 2.24) is 5.32 Å². The van der Waals surface area contributed by atoms with E-state index in [9.17, 15) is 4.79 Å². The summed E-state index contributed by atoms with van der Waals surface area (Å²) in [4.78, 5) is 15.0. The molecule has 1 aliphatic rings. The number of piperidine rings is 1. The third kappa shape index (κ3) is 5.12. The quantitative estimate of drug-likeness (QED) is 0.813. The fraction of sp³-hybridized carbons (Fsp3) is 0.458. The van der Waals surface area contributed by atoms with Crippen LogP contribution in [0.25, 0.3) is 0 Å². The van der Waals surface area contributed by atoms with Crippen LogP contribution in [0.5, 0.6) is 0 Å². The van der Waals surface area contributed by atoms with Crippen molar-refractivity contribution in [2.45, 2.75) is 53.0 Å². The lowest BCUT2D eigenvalue weighted by molar-refractivity contribution is -0.121. The SMILES string of the molecule is Cc1ccc(C)c(CC(=O)N[C@H](C)c2ccc(N3CCC(C)CC3)cc2)c1. The summed E-state index contributed by atoms with van der Waals surface area (Å²) in [5, 5.41) is 3.14. The van der Waals surface area contributed by atoms with Gasteiger partial charge in [-0.2, -0.15) is 0 Å². The van der Waals surface area contributed by atoms with Crippen LogP contribution < -0.4 is 10.2 Å². The second-order valence-corrected chi connectivity index (χ2v) is 8.16. The number of aryl methyl sites for hydroxylation is 2. The van der Waals surface area contributed by atoms with Gasteiger partial charge in [-0.05, 0) is 68.4 Å². The topological polar surface area (TPSA) is 32.3 Å². The average Bonchev–Trinajstić information content (AvgIpc) is 2.65. The van der Waals surface area contributed by atoms with E-state index in [2.05, 4.69) is 80.4 Å². The molecule has 0 bridgehead atoms. The highest BCUT2D eigenvalue weighted by Crippen LogP contribution is 2.24. The lowest BCUT2D eigenvalue weighted by Crippen LogP contribution is -2.32. The Balaban J connectivity index is 1.58. The summed E-state index contributed by atoms with van der Waals surface area (Å²) < 4.78 is 0. The van der Waals surface area contributed by atoms with Crippen molar-refractivity contribution in [3.63, 3.8) is 0 Å². The summed E-state index contributed by atoms with van der Waals surface area (Å²) in [5.41, 5.74) is 5.91. The lowest BCUT2D eigenvalue weighted by Gasteiger charge is -2.32. The molecule has 1 fully saturated rings. The van der Waals surface area contributed by atoms with E-state index in [1.165, 1.54) is 29.7 Å². The molecule has 0 radical (unpaired) electrons. The smallest absolute Gasteiger partial charge is 0.224 e. The van der Waals surface area contributed by atoms with Gasteiger partial charge in [0.05, 0.1) is 12.5 Å². The van der Waals surface area contributed by atoms with Gasteiger partial charge in [0.15, 0.2) is 0 Å². The van der Waals surface area contributed by atoms with Crippen molar-refractivity contribution in [3.05, 3.63) is 64.7 Å². The Kier molecular flexibility index (Phi) is 6.20. The van der Waals surface area contributed by atoms with Gasteiger partial charge in [0.1, 0.15) is 0 Å². The number of benzene rings is 2. The molecule has 144 valence electrons. The number of carbonyl (C=O) groups excluding carboxylic acids is 1. The molecule has 0 spiro atoms. The van der Waals surface area contributed by atoms with Crippen LogP contribution in [0.15, 0.2) is 42.5 Å². The molecule has 1 aliphatic heterocycles. The van der Waals surface area contributed by atoms with Crippen molar-refractivity contribution >= 4 is 11.6 Å². The molecule has 0 aliphatic carbocycles. The van der Waals surface area contributed by atoms with E-state index < -0.39 is 0 Å². The van der Waals surface area contributed by atoms with Crippen LogP contribution in [0.2, 0.25) is 0 Å². The molecule has 1 saturated heterocycles. The highest BCUT2D eigenvalue weighted by atomic mass is 16.1. The monoisotopic (exact) mass is 364 g/mol. The van der Waals surface area contributed by atoms with Gasteiger partial charge < -0.3 is 10.2 Å². The van der Waals surface area contributed by atoms with Crippen LogP contribution in [0.3, 0.4) is 0 Å². The second-order valence-electron chi connectivity index (χ2n) is 8.16. The van der Waals surface area contributed by atoms with Gasteiger partial charge in [0.25, 0.3) is 0 Å². The van der Waals surface area contributed by atoms with Gasteiger partial charge in [0, 0.05) is 18.8 Å². The first-order valence-corrected chi connectivity index (χ1v) is 10.1. The van der Waals surface area contributed by atoms with Gasteiger partial charge in [-0.1, -0.05) is 42.8 Å². The summed E-state index contributed by atoms with van der Waals surface area (Å²) in [6.07, 6.45) is 2.97. The number of anilines is 1. The van der Waals surface area contributed by atoms with Crippen molar-refractivity contribution in [3.8, 4) is 0 Å². The summed E-state index contributed by atoms with van der Waals surface area (Å²) in [6.45, 7) is 10.8. The Labute approximate surface area is 163 Å². The minimum atomic E-state index is 0.0121. The second kappa shape index (κ2) is 8.60. The van der Waals surface area contributed by atoms with Gasteiger partial charge in [0.2, 0.25) is 5.91 Å². The van der Waals surface area contributed by atoms with E-state index in [0.717, 1.165) is 30.1 Å². The molecule has 1 N–H and O–H groups in total. The third-order valence-electron chi connectivity index (χ3n) is 5.78. The number of rotatable bonds is 5. The molecule has 2 aromatic carbocycles. The minimum absolute atomic E-state index is 0.0121. The minimum Gasteiger partial charge on any atom is -0.372 e. The molecule has 0 saturated carbocycles. The van der Waals surface area contributed by atoms with Crippen LogP contribution >= 0.6 is 0 Å².